The third-order valence-electron chi connectivity index (χ3n) is 13.0. The average Bonchev–Trinajstić information content (AvgIpc) is 3.35. The minimum atomic E-state index is -0.783. The molecule has 69 heavy (non-hydrogen) atoms. The third-order valence-corrected chi connectivity index (χ3v) is 13.0. The van der Waals surface area contributed by atoms with E-state index in [1.807, 2.05) is 0 Å². The number of unbranched alkanes of at least 4 members (excludes halogenated alkanes) is 33. The van der Waals surface area contributed by atoms with Gasteiger partial charge in [-0.15, -0.1) is 0 Å². The number of carbonyl (C=O) groups is 3. The van der Waals surface area contributed by atoms with E-state index in [1.54, 1.807) is 0 Å². The van der Waals surface area contributed by atoms with E-state index in [-0.39, 0.29) is 31.1 Å². The minimum Gasteiger partial charge on any atom is -0.462 e. The monoisotopic (exact) mass is 965 g/mol. The molecule has 400 valence electrons. The lowest BCUT2D eigenvalue weighted by Crippen LogP contribution is -2.30. The van der Waals surface area contributed by atoms with Gasteiger partial charge in [-0.25, -0.2) is 0 Å². The van der Waals surface area contributed by atoms with Crippen molar-refractivity contribution in [1.82, 2.24) is 0 Å². The van der Waals surface area contributed by atoms with Crippen molar-refractivity contribution in [3.63, 3.8) is 0 Å². The number of hydrogen-bond acceptors (Lipinski definition) is 6. The van der Waals surface area contributed by atoms with Crippen LogP contribution in [0.2, 0.25) is 0 Å². The van der Waals surface area contributed by atoms with Crippen molar-refractivity contribution >= 4 is 17.9 Å². The number of hydrogen-bond donors (Lipinski definition) is 0. The fourth-order valence-corrected chi connectivity index (χ4v) is 8.55. The van der Waals surface area contributed by atoms with Gasteiger partial charge >= 0.3 is 17.9 Å². The maximum Gasteiger partial charge on any atom is 0.306 e. The first-order valence-electron chi connectivity index (χ1n) is 29.8. The number of esters is 3. The number of allylic oxidation sites excluding steroid dienone is 10. The van der Waals surface area contributed by atoms with Crippen molar-refractivity contribution in [3.8, 4) is 0 Å². The van der Waals surface area contributed by atoms with Gasteiger partial charge in [-0.2, -0.15) is 0 Å². The maximum atomic E-state index is 12.9. The molecule has 0 aromatic rings. The molecule has 0 saturated carbocycles. The van der Waals surface area contributed by atoms with Crippen LogP contribution in [0.1, 0.15) is 303 Å². The van der Waals surface area contributed by atoms with E-state index in [4.69, 9.17) is 14.2 Å². The molecule has 1 atom stereocenters. The molecule has 0 saturated heterocycles. The Hall–Kier alpha value is -2.89. The third kappa shape index (κ3) is 55.9. The Morgan fingerprint density at radius 2 is 0.565 bits per heavy atom. The Morgan fingerprint density at radius 1 is 0.304 bits per heavy atom. The highest BCUT2D eigenvalue weighted by molar-refractivity contribution is 5.71. The van der Waals surface area contributed by atoms with Gasteiger partial charge in [0.05, 0.1) is 0 Å². The summed E-state index contributed by atoms with van der Waals surface area (Å²) in [6.07, 6.45) is 72.1. The minimum absolute atomic E-state index is 0.0790. The van der Waals surface area contributed by atoms with E-state index in [1.165, 1.54) is 167 Å². The second kappa shape index (κ2) is 57.7. The van der Waals surface area contributed by atoms with Crippen LogP contribution < -0.4 is 0 Å². The molecule has 0 heterocycles. The molecule has 0 aromatic carbocycles. The summed E-state index contributed by atoms with van der Waals surface area (Å²) in [7, 11) is 0. The molecule has 0 N–H and O–H groups in total. The lowest BCUT2D eigenvalue weighted by atomic mass is 10.0. The van der Waals surface area contributed by atoms with Gasteiger partial charge in [0.15, 0.2) is 6.10 Å². The average molecular weight is 966 g/mol. The number of rotatable bonds is 54. The van der Waals surface area contributed by atoms with Crippen molar-refractivity contribution in [2.45, 2.75) is 309 Å². The van der Waals surface area contributed by atoms with Gasteiger partial charge in [0.2, 0.25) is 0 Å². The lowest BCUT2D eigenvalue weighted by molar-refractivity contribution is -0.167. The highest BCUT2D eigenvalue weighted by atomic mass is 16.6. The molecule has 0 aromatic heterocycles. The fraction of sp³-hybridized carbons (Fsp3) is 0.794. The van der Waals surface area contributed by atoms with Crippen LogP contribution in [0, 0.1) is 0 Å². The fourth-order valence-electron chi connectivity index (χ4n) is 8.55. The van der Waals surface area contributed by atoms with Gasteiger partial charge in [0, 0.05) is 19.3 Å². The van der Waals surface area contributed by atoms with Crippen LogP contribution in [0.15, 0.2) is 60.8 Å². The highest BCUT2D eigenvalue weighted by Gasteiger charge is 2.19. The van der Waals surface area contributed by atoms with E-state index in [2.05, 4.69) is 81.5 Å². The molecule has 1 unspecified atom stereocenters. The molecule has 0 amide bonds. The zero-order valence-corrected chi connectivity index (χ0v) is 45.8. The largest absolute Gasteiger partial charge is 0.462 e. The molecule has 0 bridgehead atoms. The van der Waals surface area contributed by atoms with Crippen LogP contribution in [0.4, 0.5) is 0 Å². The summed E-state index contributed by atoms with van der Waals surface area (Å²) in [5.74, 6) is -0.886. The van der Waals surface area contributed by atoms with Crippen molar-refractivity contribution in [3.05, 3.63) is 60.8 Å². The molecule has 0 radical (unpaired) electrons. The van der Waals surface area contributed by atoms with Gasteiger partial charge in [-0.3, -0.25) is 14.4 Å². The first-order valence-corrected chi connectivity index (χ1v) is 29.8. The Kier molecular flexibility index (Phi) is 55.3. The zero-order valence-electron chi connectivity index (χ0n) is 45.8. The summed E-state index contributed by atoms with van der Waals surface area (Å²) in [5.41, 5.74) is 0. The van der Waals surface area contributed by atoms with Gasteiger partial charge < -0.3 is 14.2 Å². The number of ether oxygens (including phenoxy) is 3. The SMILES string of the molecule is CC/C=C\C/C=C\C/C=C\CCCCCCCCC(=O)OCC(COC(=O)CCCCCCCCCCCCCCCCCCCC)OC(=O)CCCCCCCCC/C=C\C/C=C\CCCCC. The van der Waals surface area contributed by atoms with Gasteiger partial charge in [0.1, 0.15) is 13.2 Å². The molecule has 0 aliphatic rings. The molecule has 6 heteroatoms. The summed E-state index contributed by atoms with van der Waals surface area (Å²) >= 11 is 0. The van der Waals surface area contributed by atoms with Crippen LogP contribution in [0.5, 0.6) is 0 Å². The van der Waals surface area contributed by atoms with E-state index >= 15 is 0 Å². The van der Waals surface area contributed by atoms with Crippen molar-refractivity contribution in [2.75, 3.05) is 13.2 Å². The summed E-state index contributed by atoms with van der Waals surface area (Å²) in [6.45, 7) is 6.52. The topological polar surface area (TPSA) is 78.9 Å². The van der Waals surface area contributed by atoms with Crippen LogP contribution in [0.25, 0.3) is 0 Å². The lowest BCUT2D eigenvalue weighted by Gasteiger charge is -2.18. The van der Waals surface area contributed by atoms with Gasteiger partial charge in [-0.05, 0) is 83.5 Å². The molecule has 0 aliphatic carbocycles. The van der Waals surface area contributed by atoms with Crippen LogP contribution in [-0.2, 0) is 28.6 Å². The quantitative estimate of drug-likeness (QED) is 0.0262. The predicted molar refractivity (Wildman–Crippen MR) is 298 cm³/mol. The van der Waals surface area contributed by atoms with Crippen molar-refractivity contribution in [2.24, 2.45) is 0 Å². The molecule has 0 rings (SSSR count). The zero-order chi connectivity index (χ0) is 50.0. The van der Waals surface area contributed by atoms with E-state index in [0.29, 0.717) is 19.3 Å². The first-order chi connectivity index (χ1) is 34.0. The molecule has 0 aliphatic heterocycles. The Labute approximate surface area is 428 Å². The standard InChI is InChI=1S/C63H112O6/c1-4-7-10-13-16-19-22-25-28-31-33-35-38-41-44-47-50-53-56-62(65)68-59-60(58-67-61(64)55-52-49-46-43-40-37-34-30-27-24-21-18-15-12-9-6-3)69-63(66)57-54-51-48-45-42-39-36-32-29-26-23-20-17-14-11-8-5-2/h9,12,17-18,20-21,26-27,29-30,60H,4-8,10-11,13-16,19,22-25,28,31-59H2,1-3H3/b12-9-,20-17-,21-18-,29-26-,30-27-. The van der Waals surface area contributed by atoms with E-state index in [0.717, 1.165) is 96.3 Å². The normalized spacial score (nSPS) is 12.4. The number of carbonyl (C=O) groups excluding carboxylic acids is 3. The maximum absolute atomic E-state index is 12.9. The first kappa shape index (κ1) is 66.1. The summed E-state index contributed by atoms with van der Waals surface area (Å²) in [4.78, 5) is 38.2. The van der Waals surface area contributed by atoms with Crippen LogP contribution >= 0.6 is 0 Å². The molecule has 0 spiro atoms. The van der Waals surface area contributed by atoms with Crippen molar-refractivity contribution < 1.29 is 28.6 Å². The summed E-state index contributed by atoms with van der Waals surface area (Å²) in [6, 6.07) is 0. The van der Waals surface area contributed by atoms with Gasteiger partial charge in [-0.1, -0.05) is 261 Å². The highest BCUT2D eigenvalue weighted by Crippen LogP contribution is 2.16. The van der Waals surface area contributed by atoms with Gasteiger partial charge in [0.25, 0.3) is 0 Å². The van der Waals surface area contributed by atoms with Crippen molar-refractivity contribution in [1.29, 1.82) is 0 Å². The molecule has 0 fully saturated rings. The Bertz CT molecular complexity index is 1250. The summed E-state index contributed by atoms with van der Waals surface area (Å²) < 4.78 is 16.9. The predicted octanol–water partition coefficient (Wildman–Crippen LogP) is 20.0. The molecular weight excluding hydrogens is 853 g/mol. The van der Waals surface area contributed by atoms with E-state index < -0.39 is 6.10 Å². The summed E-state index contributed by atoms with van der Waals surface area (Å²) in [5, 5.41) is 0. The Morgan fingerprint density at radius 3 is 0.913 bits per heavy atom. The van der Waals surface area contributed by atoms with Crippen LogP contribution in [0.3, 0.4) is 0 Å². The van der Waals surface area contributed by atoms with E-state index in [9.17, 15) is 14.4 Å². The molecular formula is C63H112O6. The smallest absolute Gasteiger partial charge is 0.306 e. The second-order valence-electron chi connectivity index (χ2n) is 19.9. The second-order valence-corrected chi connectivity index (χ2v) is 19.9. The Balaban J connectivity index is 4.38. The molecule has 6 nitrogen and oxygen atoms in total. The van der Waals surface area contributed by atoms with Crippen LogP contribution in [-0.4, -0.2) is 37.2 Å².